The smallest absolute Gasteiger partial charge is 0.240 e. The van der Waals surface area contributed by atoms with Gasteiger partial charge < -0.3 is 15.4 Å². The van der Waals surface area contributed by atoms with Gasteiger partial charge >= 0.3 is 0 Å². The average Bonchev–Trinajstić information content (AvgIpc) is 3.18. The molecular formula is C24H19ClN4O4S. The quantitative estimate of drug-likeness (QED) is 0.476. The van der Waals surface area contributed by atoms with Crippen molar-refractivity contribution in [2.45, 2.75) is 11.7 Å². The second kappa shape index (κ2) is 10.5. The van der Waals surface area contributed by atoms with E-state index in [2.05, 4.69) is 20.6 Å². The summed E-state index contributed by atoms with van der Waals surface area (Å²) in [5, 5.41) is 5.45. The Morgan fingerprint density at radius 2 is 1.97 bits per heavy atom. The van der Waals surface area contributed by atoms with Crippen molar-refractivity contribution in [2.24, 2.45) is 4.99 Å². The molecule has 1 aliphatic heterocycles. The number of carbonyl (C=O) groups is 3. The van der Waals surface area contributed by atoms with Crippen molar-refractivity contribution in [2.75, 3.05) is 12.4 Å². The first kappa shape index (κ1) is 23.5. The molecule has 8 nitrogen and oxygen atoms in total. The van der Waals surface area contributed by atoms with Crippen molar-refractivity contribution in [1.82, 2.24) is 10.3 Å². The number of aromatic nitrogens is 1. The summed E-state index contributed by atoms with van der Waals surface area (Å²) in [5.74, 6) is -0.702. The largest absolute Gasteiger partial charge is 0.479 e. The SMILES string of the molecule is COc1ncccc1N=C1NC(=O)C(CC(=O)Nc2ccc(Cl)cc2C(=O)c2ccccc2)S1. The summed E-state index contributed by atoms with van der Waals surface area (Å²) >= 11 is 7.24. The summed E-state index contributed by atoms with van der Waals surface area (Å²) < 4.78 is 5.17. The van der Waals surface area contributed by atoms with Gasteiger partial charge in [-0.15, -0.1) is 0 Å². The number of nitrogens with zero attached hydrogens (tertiary/aromatic N) is 2. The number of hydrogen-bond acceptors (Lipinski definition) is 7. The maximum Gasteiger partial charge on any atom is 0.240 e. The number of thioether (sulfide) groups is 1. The average molecular weight is 495 g/mol. The lowest BCUT2D eigenvalue weighted by Crippen LogP contribution is -2.28. The van der Waals surface area contributed by atoms with Crippen LogP contribution in [0.2, 0.25) is 5.02 Å². The van der Waals surface area contributed by atoms with E-state index >= 15 is 0 Å². The lowest BCUT2D eigenvalue weighted by Gasteiger charge is -2.12. The highest BCUT2D eigenvalue weighted by Crippen LogP contribution is 2.30. The second-order valence-corrected chi connectivity index (χ2v) is 8.81. The molecule has 10 heteroatoms. The lowest BCUT2D eigenvalue weighted by molar-refractivity contribution is -0.122. The van der Waals surface area contributed by atoms with Gasteiger partial charge in [0.2, 0.25) is 17.7 Å². The van der Waals surface area contributed by atoms with E-state index in [-0.39, 0.29) is 23.7 Å². The van der Waals surface area contributed by atoms with Crippen LogP contribution in [0.3, 0.4) is 0 Å². The Bertz CT molecular complexity index is 1280. The van der Waals surface area contributed by atoms with E-state index in [0.29, 0.717) is 33.0 Å². The molecule has 0 aliphatic carbocycles. The fourth-order valence-electron chi connectivity index (χ4n) is 3.25. The minimum Gasteiger partial charge on any atom is -0.479 e. The van der Waals surface area contributed by atoms with Crippen molar-refractivity contribution in [3.8, 4) is 5.88 Å². The van der Waals surface area contributed by atoms with Crippen LogP contribution in [0.25, 0.3) is 0 Å². The van der Waals surface area contributed by atoms with Crippen molar-refractivity contribution >= 4 is 57.5 Å². The van der Waals surface area contributed by atoms with Gasteiger partial charge in [-0.1, -0.05) is 53.7 Å². The number of amidine groups is 1. The number of halogens is 1. The Hall–Kier alpha value is -3.69. The van der Waals surface area contributed by atoms with Crippen LogP contribution in [-0.4, -0.2) is 40.1 Å². The molecule has 3 aromatic rings. The zero-order valence-electron chi connectivity index (χ0n) is 17.9. The number of pyridine rings is 1. The number of hydrogen-bond donors (Lipinski definition) is 2. The number of benzene rings is 2. The Morgan fingerprint density at radius 1 is 1.18 bits per heavy atom. The molecule has 1 saturated heterocycles. The predicted molar refractivity (Wildman–Crippen MR) is 132 cm³/mol. The zero-order valence-corrected chi connectivity index (χ0v) is 19.5. The third kappa shape index (κ3) is 5.44. The first-order valence-electron chi connectivity index (χ1n) is 10.2. The molecule has 0 radical (unpaired) electrons. The Labute approximate surface area is 204 Å². The highest BCUT2D eigenvalue weighted by molar-refractivity contribution is 8.15. The van der Waals surface area contributed by atoms with Crippen LogP contribution < -0.4 is 15.4 Å². The molecule has 4 rings (SSSR count). The summed E-state index contributed by atoms with van der Waals surface area (Å²) in [6.07, 6.45) is 1.46. The Kier molecular flexibility index (Phi) is 7.24. The zero-order chi connectivity index (χ0) is 24.1. The molecular weight excluding hydrogens is 476 g/mol. The third-order valence-electron chi connectivity index (χ3n) is 4.85. The number of anilines is 1. The van der Waals surface area contributed by atoms with Crippen LogP contribution in [0.4, 0.5) is 11.4 Å². The van der Waals surface area contributed by atoms with Crippen LogP contribution in [0.1, 0.15) is 22.3 Å². The maximum atomic E-state index is 13.0. The fourth-order valence-corrected chi connectivity index (χ4v) is 4.41. The number of ketones is 1. The Morgan fingerprint density at radius 3 is 2.74 bits per heavy atom. The minimum atomic E-state index is -0.679. The molecule has 0 bridgehead atoms. The van der Waals surface area contributed by atoms with Crippen molar-refractivity contribution in [3.05, 3.63) is 83.0 Å². The molecule has 1 atom stereocenters. The molecule has 0 saturated carbocycles. The highest BCUT2D eigenvalue weighted by Gasteiger charge is 2.32. The Balaban J connectivity index is 1.47. The number of aliphatic imine (C=N–C) groups is 1. The van der Waals surface area contributed by atoms with Gasteiger partial charge in [-0.3, -0.25) is 14.4 Å². The first-order valence-corrected chi connectivity index (χ1v) is 11.4. The first-order chi connectivity index (χ1) is 16.4. The standard InChI is InChI=1S/C24H19ClN4O4S/c1-33-23-18(8-5-11-26-23)28-24-29-22(32)19(34-24)13-20(30)27-17-10-9-15(25)12-16(17)21(31)14-6-3-2-4-7-14/h2-12,19H,13H2,1H3,(H,27,30)(H,28,29,32). The number of rotatable bonds is 7. The van der Waals surface area contributed by atoms with E-state index in [1.807, 2.05) is 6.07 Å². The lowest BCUT2D eigenvalue weighted by atomic mass is 10.0. The van der Waals surface area contributed by atoms with Crippen molar-refractivity contribution < 1.29 is 19.1 Å². The van der Waals surface area contributed by atoms with Crippen LogP contribution >= 0.6 is 23.4 Å². The van der Waals surface area contributed by atoms with E-state index in [1.54, 1.807) is 54.7 Å². The van der Waals surface area contributed by atoms with Gasteiger partial charge in [-0.05, 0) is 30.3 Å². The van der Waals surface area contributed by atoms with E-state index in [4.69, 9.17) is 16.3 Å². The molecule has 2 aromatic carbocycles. The summed E-state index contributed by atoms with van der Waals surface area (Å²) in [7, 11) is 1.48. The molecule has 1 unspecified atom stereocenters. The van der Waals surface area contributed by atoms with Crippen molar-refractivity contribution in [3.63, 3.8) is 0 Å². The number of ether oxygens (including phenoxy) is 1. The summed E-state index contributed by atoms with van der Waals surface area (Å²) in [5.41, 5.74) is 1.52. The van der Waals surface area contributed by atoms with E-state index in [1.165, 1.54) is 13.2 Å². The number of carbonyl (C=O) groups excluding carboxylic acids is 3. The maximum absolute atomic E-state index is 13.0. The summed E-state index contributed by atoms with van der Waals surface area (Å²) in [6, 6.07) is 16.8. The molecule has 2 N–H and O–H groups in total. The molecule has 1 fully saturated rings. The monoisotopic (exact) mass is 494 g/mol. The van der Waals surface area contributed by atoms with E-state index in [9.17, 15) is 14.4 Å². The van der Waals surface area contributed by atoms with Gasteiger partial charge in [0.25, 0.3) is 0 Å². The van der Waals surface area contributed by atoms with Gasteiger partial charge in [0, 0.05) is 28.8 Å². The van der Waals surface area contributed by atoms with Crippen molar-refractivity contribution in [1.29, 1.82) is 0 Å². The molecule has 2 heterocycles. The van der Waals surface area contributed by atoms with Crippen LogP contribution in [0, 0.1) is 0 Å². The van der Waals surface area contributed by atoms with Gasteiger partial charge in [-0.25, -0.2) is 9.98 Å². The normalized spacial score (nSPS) is 16.2. The second-order valence-electron chi connectivity index (χ2n) is 7.18. The number of nitrogens with one attached hydrogen (secondary N) is 2. The molecule has 1 aromatic heterocycles. The summed E-state index contributed by atoms with van der Waals surface area (Å²) in [4.78, 5) is 46.6. The highest BCUT2D eigenvalue weighted by atomic mass is 35.5. The van der Waals surface area contributed by atoms with Crippen LogP contribution in [-0.2, 0) is 9.59 Å². The molecule has 172 valence electrons. The van der Waals surface area contributed by atoms with E-state index in [0.717, 1.165) is 11.8 Å². The number of amides is 2. The van der Waals surface area contributed by atoms with Crippen LogP contribution in [0.5, 0.6) is 5.88 Å². The van der Waals surface area contributed by atoms with Gasteiger partial charge in [-0.2, -0.15) is 0 Å². The van der Waals surface area contributed by atoms with E-state index < -0.39 is 11.2 Å². The van der Waals surface area contributed by atoms with Gasteiger partial charge in [0.05, 0.1) is 12.8 Å². The molecule has 1 aliphatic rings. The number of methoxy groups -OCH3 is 1. The summed E-state index contributed by atoms with van der Waals surface area (Å²) in [6.45, 7) is 0. The van der Waals surface area contributed by atoms with Gasteiger partial charge in [0.15, 0.2) is 11.0 Å². The molecule has 34 heavy (non-hydrogen) atoms. The molecule has 2 amide bonds. The van der Waals surface area contributed by atoms with Crippen LogP contribution in [0.15, 0.2) is 71.9 Å². The molecule has 0 spiro atoms. The fraction of sp³-hybridized carbons (Fsp3) is 0.125. The predicted octanol–water partition coefficient (Wildman–Crippen LogP) is 4.22. The topological polar surface area (TPSA) is 110 Å². The minimum absolute atomic E-state index is 0.110. The third-order valence-corrected chi connectivity index (χ3v) is 6.17. The van der Waals surface area contributed by atoms with Gasteiger partial charge in [0.1, 0.15) is 10.9 Å².